The second kappa shape index (κ2) is 7.51. The van der Waals surface area contributed by atoms with Gasteiger partial charge in [-0.15, -0.1) is 0 Å². The maximum Gasteiger partial charge on any atom is 0.0639 e. The second-order valence-corrected chi connectivity index (χ2v) is 5.51. The van der Waals surface area contributed by atoms with Gasteiger partial charge in [-0.05, 0) is 45.4 Å². The van der Waals surface area contributed by atoms with E-state index in [1.165, 1.54) is 11.3 Å². The van der Waals surface area contributed by atoms with Crippen LogP contribution in [0, 0.1) is 0 Å². The van der Waals surface area contributed by atoms with Crippen molar-refractivity contribution in [3.8, 4) is 0 Å². The lowest BCUT2D eigenvalue weighted by molar-refractivity contribution is 0.128. The molecule has 0 unspecified atom stereocenters. The van der Waals surface area contributed by atoms with Gasteiger partial charge in [-0.2, -0.15) is 0 Å². The summed E-state index contributed by atoms with van der Waals surface area (Å²) in [6.07, 6.45) is 0. The molecule has 0 heterocycles. The average molecular weight is 264 g/mol. The highest BCUT2D eigenvalue weighted by atomic mass is 16.5. The zero-order chi connectivity index (χ0) is 14.3. The molecule has 0 spiro atoms. The van der Waals surface area contributed by atoms with Crippen molar-refractivity contribution in [2.45, 2.75) is 39.8 Å². The Kier molecular flexibility index (Phi) is 6.32. The van der Waals surface area contributed by atoms with Gasteiger partial charge in [-0.3, -0.25) is 0 Å². The molecule has 0 saturated carbocycles. The Balaban J connectivity index is 2.57. The first-order chi connectivity index (χ1) is 9.02. The van der Waals surface area contributed by atoms with Crippen LogP contribution in [0.5, 0.6) is 0 Å². The lowest BCUT2D eigenvalue weighted by Gasteiger charge is -2.26. The third-order valence-corrected chi connectivity index (χ3v) is 3.34. The van der Waals surface area contributed by atoms with E-state index in [4.69, 9.17) is 4.74 Å². The van der Waals surface area contributed by atoms with Gasteiger partial charge >= 0.3 is 0 Å². The zero-order valence-electron chi connectivity index (χ0n) is 13.0. The molecule has 0 aliphatic heterocycles. The largest absolute Gasteiger partial charge is 0.383 e. The van der Waals surface area contributed by atoms with Crippen molar-refractivity contribution in [1.82, 2.24) is 5.32 Å². The van der Waals surface area contributed by atoms with E-state index in [1.807, 2.05) is 0 Å². The van der Waals surface area contributed by atoms with Gasteiger partial charge in [0.15, 0.2) is 0 Å². The summed E-state index contributed by atoms with van der Waals surface area (Å²) in [6, 6.07) is 8.80. The molecule has 0 radical (unpaired) electrons. The number of ether oxygens (including phenoxy) is 1. The fraction of sp³-hybridized carbons (Fsp3) is 0.625. The van der Waals surface area contributed by atoms with Gasteiger partial charge in [-0.25, -0.2) is 0 Å². The van der Waals surface area contributed by atoms with E-state index in [1.54, 1.807) is 7.11 Å². The molecule has 1 rings (SSSR count). The Hall–Kier alpha value is -1.06. The number of nitrogens with zero attached hydrogens (tertiary/aromatic N) is 1. The molecule has 0 fully saturated rings. The molecule has 1 N–H and O–H groups in total. The van der Waals surface area contributed by atoms with Crippen molar-refractivity contribution in [3.05, 3.63) is 29.8 Å². The molecule has 0 amide bonds. The molecule has 19 heavy (non-hydrogen) atoms. The molecule has 0 aliphatic rings. The number of rotatable bonds is 8. The van der Waals surface area contributed by atoms with E-state index >= 15 is 0 Å². The number of anilines is 1. The van der Waals surface area contributed by atoms with Crippen LogP contribution < -0.4 is 10.2 Å². The Morgan fingerprint density at radius 2 is 1.68 bits per heavy atom. The highest BCUT2D eigenvalue weighted by molar-refractivity contribution is 5.47. The molecular weight excluding hydrogens is 236 g/mol. The van der Waals surface area contributed by atoms with Crippen molar-refractivity contribution in [2.75, 3.05) is 31.7 Å². The maximum absolute atomic E-state index is 5.21. The molecule has 0 saturated heterocycles. The number of benzene rings is 1. The summed E-state index contributed by atoms with van der Waals surface area (Å²) in [4.78, 5) is 2.35. The summed E-state index contributed by atoms with van der Waals surface area (Å²) in [5.41, 5.74) is 2.61. The third-order valence-electron chi connectivity index (χ3n) is 3.34. The van der Waals surface area contributed by atoms with Crippen LogP contribution in [-0.2, 0) is 11.3 Å². The van der Waals surface area contributed by atoms with Crippen molar-refractivity contribution in [1.29, 1.82) is 0 Å². The number of methoxy groups -OCH3 is 1. The topological polar surface area (TPSA) is 24.5 Å². The molecule has 0 aromatic heterocycles. The fourth-order valence-corrected chi connectivity index (χ4v) is 2.17. The summed E-state index contributed by atoms with van der Waals surface area (Å²) in [7, 11) is 1.74. The van der Waals surface area contributed by atoms with Crippen LogP contribution in [0.4, 0.5) is 5.69 Å². The molecule has 0 atom stereocenters. The number of hydrogen-bond acceptors (Lipinski definition) is 3. The maximum atomic E-state index is 5.21. The molecule has 1 aromatic carbocycles. The fourth-order valence-electron chi connectivity index (χ4n) is 2.17. The molecule has 3 nitrogen and oxygen atoms in total. The quantitative estimate of drug-likeness (QED) is 0.781. The lowest BCUT2D eigenvalue weighted by Crippen LogP contribution is -2.42. The zero-order valence-corrected chi connectivity index (χ0v) is 13.0. The minimum atomic E-state index is 0.00624. The van der Waals surface area contributed by atoms with Crippen molar-refractivity contribution in [2.24, 2.45) is 0 Å². The summed E-state index contributed by atoms with van der Waals surface area (Å²) < 4.78 is 5.21. The highest BCUT2D eigenvalue weighted by Gasteiger charge is 2.16. The summed E-state index contributed by atoms with van der Waals surface area (Å²) in [6.45, 7) is 12.4. The first-order valence-electron chi connectivity index (χ1n) is 7.10. The summed E-state index contributed by atoms with van der Waals surface area (Å²) in [5, 5.41) is 3.51. The summed E-state index contributed by atoms with van der Waals surface area (Å²) in [5.74, 6) is 0. The standard InChI is InChI=1S/C16H28N2O/c1-6-18(7-2)15-10-8-14(9-11-15)12-17-16(3,4)13-19-5/h8-11,17H,6-7,12-13H2,1-5H3. The van der Waals surface area contributed by atoms with Gasteiger partial charge in [-0.1, -0.05) is 12.1 Å². The number of nitrogens with one attached hydrogen (secondary N) is 1. The molecule has 0 bridgehead atoms. The van der Waals surface area contributed by atoms with Crippen LogP contribution in [-0.4, -0.2) is 32.3 Å². The predicted molar refractivity (Wildman–Crippen MR) is 82.8 cm³/mol. The molecule has 1 aromatic rings. The van der Waals surface area contributed by atoms with E-state index < -0.39 is 0 Å². The first kappa shape index (κ1) is 16.0. The second-order valence-electron chi connectivity index (χ2n) is 5.51. The van der Waals surface area contributed by atoms with Gasteiger partial charge in [0.1, 0.15) is 0 Å². The monoisotopic (exact) mass is 264 g/mol. The minimum Gasteiger partial charge on any atom is -0.383 e. The molecular formula is C16H28N2O. The van der Waals surface area contributed by atoms with Crippen LogP contribution >= 0.6 is 0 Å². The normalized spacial score (nSPS) is 11.6. The van der Waals surface area contributed by atoms with Gasteiger partial charge in [0.25, 0.3) is 0 Å². The van der Waals surface area contributed by atoms with Crippen LogP contribution in [0.15, 0.2) is 24.3 Å². The van der Waals surface area contributed by atoms with Crippen LogP contribution in [0.1, 0.15) is 33.3 Å². The van der Waals surface area contributed by atoms with E-state index in [2.05, 4.69) is 62.2 Å². The van der Waals surface area contributed by atoms with Crippen molar-refractivity contribution >= 4 is 5.69 Å². The number of hydrogen-bond donors (Lipinski definition) is 1. The minimum absolute atomic E-state index is 0.00624. The van der Waals surface area contributed by atoms with E-state index in [-0.39, 0.29) is 5.54 Å². The summed E-state index contributed by atoms with van der Waals surface area (Å²) >= 11 is 0. The van der Waals surface area contributed by atoms with Crippen molar-refractivity contribution in [3.63, 3.8) is 0 Å². The Morgan fingerprint density at radius 3 is 2.16 bits per heavy atom. The van der Waals surface area contributed by atoms with Crippen LogP contribution in [0.25, 0.3) is 0 Å². The highest BCUT2D eigenvalue weighted by Crippen LogP contribution is 2.15. The van der Waals surface area contributed by atoms with E-state index in [9.17, 15) is 0 Å². The Morgan fingerprint density at radius 1 is 1.11 bits per heavy atom. The van der Waals surface area contributed by atoms with Gasteiger partial charge in [0.05, 0.1) is 6.61 Å². The Labute approximate surface area is 118 Å². The lowest BCUT2D eigenvalue weighted by atomic mass is 10.1. The van der Waals surface area contributed by atoms with E-state index in [0.29, 0.717) is 6.61 Å². The SMILES string of the molecule is CCN(CC)c1ccc(CNC(C)(C)COC)cc1. The molecule has 108 valence electrons. The average Bonchev–Trinajstić information content (AvgIpc) is 2.39. The van der Waals surface area contributed by atoms with Crippen LogP contribution in [0.3, 0.4) is 0 Å². The smallest absolute Gasteiger partial charge is 0.0639 e. The van der Waals surface area contributed by atoms with Gasteiger partial charge in [0.2, 0.25) is 0 Å². The van der Waals surface area contributed by atoms with Gasteiger partial charge in [0, 0.05) is 38.0 Å². The van der Waals surface area contributed by atoms with Crippen molar-refractivity contribution < 1.29 is 4.74 Å². The molecule has 0 aliphatic carbocycles. The molecule has 3 heteroatoms. The van der Waals surface area contributed by atoms with Gasteiger partial charge < -0.3 is 15.0 Å². The third kappa shape index (κ3) is 5.21. The predicted octanol–water partition coefficient (Wildman–Crippen LogP) is 3.05. The first-order valence-corrected chi connectivity index (χ1v) is 7.10. The van der Waals surface area contributed by atoms with E-state index in [0.717, 1.165) is 19.6 Å². The van der Waals surface area contributed by atoms with Crippen LogP contribution in [0.2, 0.25) is 0 Å². The Bertz CT molecular complexity index is 356.